The molecule has 2 N–H and O–H groups in total. The number of amides is 2. The summed E-state index contributed by atoms with van der Waals surface area (Å²) in [6.45, 7) is 3.72. The number of carboxylic acids is 1. The molecule has 0 bridgehead atoms. The predicted octanol–water partition coefficient (Wildman–Crippen LogP) is -0.258. The van der Waals surface area contributed by atoms with Crippen molar-refractivity contribution < 1.29 is 27.9 Å². The van der Waals surface area contributed by atoms with Crippen LogP contribution in [0.15, 0.2) is 29.2 Å². The maximum atomic E-state index is 12.8. The number of sulfonamides is 1. The Hall–Kier alpha value is -2.46. The lowest BCUT2D eigenvalue weighted by Crippen LogP contribution is -2.49. The van der Waals surface area contributed by atoms with Crippen LogP contribution in [0.2, 0.25) is 0 Å². The van der Waals surface area contributed by atoms with Crippen molar-refractivity contribution in [2.24, 2.45) is 0 Å². The predicted molar refractivity (Wildman–Crippen MR) is 92.0 cm³/mol. The summed E-state index contributed by atoms with van der Waals surface area (Å²) in [5.74, 6) is -1.96. The van der Waals surface area contributed by atoms with E-state index in [0.29, 0.717) is 13.1 Å². The summed E-state index contributed by atoms with van der Waals surface area (Å²) < 4.78 is 26.8. The highest BCUT2D eigenvalue weighted by molar-refractivity contribution is 7.89. The molecule has 9 nitrogen and oxygen atoms in total. The van der Waals surface area contributed by atoms with Crippen LogP contribution in [0.1, 0.15) is 24.2 Å². The van der Waals surface area contributed by atoms with Crippen LogP contribution in [-0.4, -0.2) is 72.7 Å². The molecule has 1 aliphatic heterocycles. The highest BCUT2D eigenvalue weighted by atomic mass is 32.2. The third-order valence-corrected chi connectivity index (χ3v) is 6.03. The summed E-state index contributed by atoms with van der Waals surface area (Å²) in [7, 11) is -3.81. The molecule has 1 heterocycles. The van der Waals surface area contributed by atoms with E-state index >= 15 is 0 Å². The Kier molecular flexibility index (Phi) is 5.98. The van der Waals surface area contributed by atoms with Crippen LogP contribution in [0.3, 0.4) is 0 Å². The monoisotopic (exact) mass is 383 g/mol. The third-order valence-electron chi connectivity index (χ3n) is 4.14. The molecule has 0 radical (unpaired) electrons. The topological polar surface area (TPSA) is 124 Å². The van der Waals surface area contributed by atoms with Crippen molar-refractivity contribution in [3.63, 3.8) is 0 Å². The second-order valence-corrected chi connectivity index (χ2v) is 7.91. The maximum absolute atomic E-state index is 12.8. The molecule has 0 aliphatic carbocycles. The van der Waals surface area contributed by atoms with E-state index in [4.69, 9.17) is 5.11 Å². The summed E-state index contributed by atoms with van der Waals surface area (Å²) in [5.41, 5.74) is 0.0570. The Labute approximate surface area is 151 Å². The van der Waals surface area contributed by atoms with Gasteiger partial charge in [0.1, 0.15) is 6.04 Å². The average molecular weight is 383 g/mol. The van der Waals surface area contributed by atoms with Gasteiger partial charge in [-0.25, -0.2) is 8.42 Å². The molecular weight excluding hydrogens is 362 g/mol. The first-order valence-electron chi connectivity index (χ1n) is 8.02. The van der Waals surface area contributed by atoms with E-state index in [1.54, 1.807) is 4.90 Å². The van der Waals surface area contributed by atoms with E-state index in [-0.39, 0.29) is 29.5 Å². The van der Waals surface area contributed by atoms with E-state index < -0.39 is 27.9 Å². The SMILES string of the molecule is CC(=O)N1CCN(S(=O)(=O)c2cccc(C(=O)NC(C)C(=O)O)c2)CC1. The van der Waals surface area contributed by atoms with Crippen molar-refractivity contribution in [1.29, 1.82) is 0 Å². The second-order valence-electron chi connectivity index (χ2n) is 5.97. The highest BCUT2D eigenvalue weighted by Crippen LogP contribution is 2.19. The molecule has 1 aliphatic rings. The summed E-state index contributed by atoms with van der Waals surface area (Å²) in [5, 5.41) is 11.1. The van der Waals surface area contributed by atoms with Gasteiger partial charge < -0.3 is 15.3 Å². The van der Waals surface area contributed by atoms with E-state index in [2.05, 4.69) is 5.32 Å². The van der Waals surface area contributed by atoms with Gasteiger partial charge in [0.15, 0.2) is 0 Å². The Morgan fingerprint density at radius 3 is 2.31 bits per heavy atom. The van der Waals surface area contributed by atoms with Gasteiger partial charge in [-0.2, -0.15) is 4.31 Å². The molecule has 142 valence electrons. The zero-order valence-electron chi connectivity index (χ0n) is 14.5. The molecule has 0 saturated carbocycles. The van der Waals surface area contributed by atoms with E-state index in [1.165, 1.54) is 42.4 Å². The van der Waals surface area contributed by atoms with Crippen LogP contribution in [0.5, 0.6) is 0 Å². The number of hydrogen-bond donors (Lipinski definition) is 2. The summed E-state index contributed by atoms with van der Waals surface area (Å²) in [4.78, 5) is 35.8. The Morgan fingerprint density at radius 2 is 1.77 bits per heavy atom. The smallest absolute Gasteiger partial charge is 0.325 e. The van der Waals surface area contributed by atoms with Crippen molar-refractivity contribution >= 4 is 27.8 Å². The van der Waals surface area contributed by atoms with Gasteiger partial charge in [-0.15, -0.1) is 0 Å². The fraction of sp³-hybridized carbons (Fsp3) is 0.438. The highest BCUT2D eigenvalue weighted by Gasteiger charge is 2.29. The lowest BCUT2D eigenvalue weighted by Gasteiger charge is -2.33. The second kappa shape index (κ2) is 7.83. The maximum Gasteiger partial charge on any atom is 0.325 e. The minimum Gasteiger partial charge on any atom is -0.480 e. The third kappa shape index (κ3) is 4.38. The molecule has 1 unspecified atom stereocenters. The molecule has 10 heteroatoms. The summed E-state index contributed by atoms with van der Waals surface area (Å²) in [6, 6.07) is 4.35. The molecular formula is C16H21N3O6S. The van der Waals surface area contributed by atoms with Crippen molar-refractivity contribution in [3.8, 4) is 0 Å². The van der Waals surface area contributed by atoms with E-state index in [1.807, 2.05) is 0 Å². The van der Waals surface area contributed by atoms with Crippen molar-refractivity contribution in [1.82, 2.24) is 14.5 Å². The van der Waals surface area contributed by atoms with Gasteiger partial charge >= 0.3 is 5.97 Å². The van der Waals surface area contributed by atoms with Gasteiger partial charge in [0.2, 0.25) is 15.9 Å². The zero-order valence-corrected chi connectivity index (χ0v) is 15.3. The molecule has 0 aromatic heterocycles. The molecule has 1 saturated heterocycles. The first-order chi connectivity index (χ1) is 12.1. The number of nitrogens with zero attached hydrogens (tertiary/aromatic N) is 2. The normalized spacial score (nSPS) is 16.8. The Balaban J connectivity index is 2.17. The van der Waals surface area contributed by atoms with Crippen molar-refractivity contribution in [3.05, 3.63) is 29.8 Å². The van der Waals surface area contributed by atoms with E-state index in [9.17, 15) is 22.8 Å². The number of benzene rings is 1. The molecule has 1 aromatic carbocycles. The average Bonchev–Trinajstić information content (AvgIpc) is 2.61. The summed E-state index contributed by atoms with van der Waals surface area (Å²) >= 11 is 0. The first-order valence-corrected chi connectivity index (χ1v) is 9.46. The quantitative estimate of drug-likeness (QED) is 0.722. The number of carboxylic acid groups (broad SMARTS) is 1. The largest absolute Gasteiger partial charge is 0.480 e. The lowest BCUT2D eigenvalue weighted by molar-refractivity contribution is -0.138. The number of nitrogens with one attached hydrogen (secondary N) is 1. The van der Waals surface area contributed by atoms with Crippen molar-refractivity contribution in [2.75, 3.05) is 26.2 Å². The standard InChI is InChI=1S/C16H21N3O6S/c1-11(16(22)23)17-15(21)13-4-3-5-14(10-13)26(24,25)19-8-6-18(7-9-19)12(2)20/h3-5,10-11H,6-9H2,1-2H3,(H,17,21)(H,22,23). The number of carbonyl (C=O) groups excluding carboxylic acids is 2. The molecule has 1 fully saturated rings. The van der Waals surface area contributed by atoms with E-state index in [0.717, 1.165) is 0 Å². The van der Waals surface area contributed by atoms with Crippen LogP contribution < -0.4 is 5.32 Å². The van der Waals surface area contributed by atoms with Crippen LogP contribution in [0.4, 0.5) is 0 Å². The number of hydrogen-bond acceptors (Lipinski definition) is 5. The van der Waals surface area contributed by atoms with Crippen molar-refractivity contribution in [2.45, 2.75) is 24.8 Å². The molecule has 2 amide bonds. The molecule has 0 spiro atoms. The minimum atomic E-state index is -3.81. The van der Waals surface area contributed by atoms with Gasteiger partial charge in [0, 0.05) is 38.7 Å². The van der Waals surface area contributed by atoms with Gasteiger partial charge in [-0.1, -0.05) is 6.07 Å². The van der Waals surface area contributed by atoms with Gasteiger partial charge in [0.25, 0.3) is 5.91 Å². The fourth-order valence-electron chi connectivity index (χ4n) is 2.53. The molecule has 26 heavy (non-hydrogen) atoms. The van der Waals surface area contributed by atoms with Crippen LogP contribution in [-0.2, 0) is 19.6 Å². The Bertz CT molecular complexity index is 815. The molecule has 1 aromatic rings. The van der Waals surface area contributed by atoms with Crippen LogP contribution in [0, 0.1) is 0 Å². The number of rotatable bonds is 5. The fourth-order valence-corrected chi connectivity index (χ4v) is 4.00. The van der Waals surface area contributed by atoms with Crippen LogP contribution in [0.25, 0.3) is 0 Å². The number of carbonyl (C=O) groups is 3. The first kappa shape index (κ1) is 19.9. The number of aliphatic carboxylic acids is 1. The van der Waals surface area contributed by atoms with Crippen LogP contribution >= 0.6 is 0 Å². The lowest BCUT2D eigenvalue weighted by atomic mass is 10.2. The van der Waals surface area contributed by atoms with Gasteiger partial charge in [-0.05, 0) is 25.1 Å². The van der Waals surface area contributed by atoms with Gasteiger partial charge in [-0.3, -0.25) is 14.4 Å². The number of piperazine rings is 1. The van der Waals surface area contributed by atoms with Gasteiger partial charge in [0.05, 0.1) is 4.90 Å². The summed E-state index contributed by atoms with van der Waals surface area (Å²) in [6.07, 6.45) is 0. The molecule has 1 atom stereocenters. The molecule has 2 rings (SSSR count). The minimum absolute atomic E-state index is 0.0515. The zero-order chi connectivity index (χ0) is 19.5. The Morgan fingerprint density at radius 1 is 1.15 bits per heavy atom.